The number of carbonyl (C=O) groups is 1. The minimum absolute atomic E-state index is 0.0404. The molecule has 3 fully saturated rings. The molecule has 0 bridgehead atoms. The average molecular weight is 286 g/mol. The minimum atomic E-state index is -2.98. The molecule has 108 valence electrons. The van der Waals surface area contributed by atoms with Crippen LogP contribution in [-0.2, 0) is 14.6 Å². The van der Waals surface area contributed by atoms with Gasteiger partial charge in [-0.25, -0.2) is 8.42 Å². The van der Waals surface area contributed by atoms with Crippen LogP contribution >= 0.6 is 0 Å². The Morgan fingerprint density at radius 3 is 2.58 bits per heavy atom. The van der Waals surface area contributed by atoms with Gasteiger partial charge in [-0.1, -0.05) is 12.8 Å². The molecule has 3 aliphatic rings. The Morgan fingerprint density at radius 1 is 1.32 bits per heavy atom. The van der Waals surface area contributed by atoms with E-state index in [4.69, 9.17) is 0 Å². The maximum absolute atomic E-state index is 12.6. The summed E-state index contributed by atoms with van der Waals surface area (Å²) in [6, 6.07) is 0. The molecule has 1 saturated carbocycles. The van der Waals surface area contributed by atoms with E-state index in [2.05, 4.69) is 5.32 Å². The van der Waals surface area contributed by atoms with Gasteiger partial charge in [0.05, 0.1) is 22.7 Å². The third-order valence-corrected chi connectivity index (χ3v) is 7.20. The van der Waals surface area contributed by atoms with Gasteiger partial charge in [0.1, 0.15) is 0 Å². The number of rotatable bonds is 2. The normalized spacial score (nSPS) is 36.5. The number of nitrogens with zero attached hydrogens (tertiary/aromatic N) is 1. The van der Waals surface area contributed by atoms with Crippen LogP contribution in [0.5, 0.6) is 0 Å². The predicted molar refractivity (Wildman–Crippen MR) is 72.3 cm³/mol. The summed E-state index contributed by atoms with van der Waals surface area (Å²) in [6.45, 7) is 2.34. The van der Waals surface area contributed by atoms with E-state index in [0.29, 0.717) is 13.0 Å². The number of amides is 1. The van der Waals surface area contributed by atoms with Gasteiger partial charge in [-0.05, 0) is 32.6 Å². The Hall–Kier alpha value is -0.620. The third kappa shape index (κ3) is 2.09. The third-order valence-electron chi connectivity index (χ3n) is 4.94. The van der Waals surface area contributed by atoms with Gasteiger partial charge in [0, 0.05) is 6.54 Å². The molecule has 0 aromatic heterocycles. The highest BCUT2D eigenvalue weighted by atomic mass is 32.2. The first-order valence-electron chi connectivity index (χ1n) is 7.25. The van der Waals surface area contributed by atoms with Crippen LogP contribution in [0.15, 0.2) is 0 Å². The Labute approximate surface area is 114 Å². The highest BCUT2D eigenvalue weighted by Gasteiger charge is 2.52. The smallest absolute Gasteiger partial charge is 0.244 e. The molecular formula is C13H22N2O3S. The van der Waals surface area contributed by atoms with E-state index >= 15 is 0 Å². The molecule has 2 unspecified atom stereocenters. The molecule has 19 heavy (non-hydrogen) atoms. The van der Waals surface area contributed by atoms with E-state index in [0.717, 1.165) is 32.1 Å². The van der Waals surface area contributed by atoms with Crippen LogP contribution in [0.25, 0.3) is 0 Å². The number of sulfone groups is 1. The standard InChI is InChI=1S/C13H22N2O3S/c1-10-14-13(6-2-3-7-13)12(16)15(10)9-11-5-4-8-19(11,17)18/h10-11,14H,2-9H2,1H3. The minimum Gasteiger partial charge on any atom is -0.325 e. The zero-order chi connectivity index (χ0) is 13.7. The van der Waals surface area contributed by atoms with Crippen molar-refractivity contribution in [3.63, 3.8) is 0 Å². The van der Waals surface area contributed by atoms with Gasteiger partial charge in [-0.3, -0.25) is 10.1 Å². The van der Waals surface area contributed by atoms with Crippen LogP contribution < -0.4 is 5.32 Å². The van der Waals surface area contributed by atoms with Gasteiger partial charge in [0.15, 0.2) is 9.84 Å². The maximum atomic E-state index is 12.6. The van der Waals surface area contributed by atoms with Gasteiger partial charge < -0.3 is 4.90 Å². The Balaban J connectivity index is 1.76. The van der Waals surface area contributed by atoms with Gasteiger partial charge in [0.25, 0.3) is 0 Å². The molecule has 2 heterocycles. The second-order valence-corrected chi connectivity index (χ2v) is 8.60. The fraction of sp³-hybridized carbons (Fsp3) is 0.923. The lowest BCUT2D eigenvalue weighted by atomic mass is 9.98. The lowest BCUT2D eigenvalue weighted by Crippen LogP contribution is -2.45. The van der Waals surface area contributed by atoms with Gasteiger partial charge in [-0.2, -0.15) is 0 Å². The van der Waals surface area contributed by atoms with E-state index in [1.807, 2.05) is 6.92 Å². The van der Waals surface area contributed by atoms with E-state index in [1.165, 1.54) is 0 Å². The number of nitrogens with one attached hydrogen (secondary N) is 1. The van der Waals surface area contributed by atoms with E-state index in [1.54, 1.807) is 4.90 Å². The van der Waals surface area contributed by atoms with E-state index < -0.39 is 9.84 Å². The summed E-state index contributed by atoms with van der Waals surface area (Å²) in [5.74, 6) is 0.409. The second kappa shape index (κ2) is 4.45. The van der Waals surface area contributed by atoms with Gasteiger partial charge in [-0.15, -0.1) is 0 Å². The summed E-state index contributed by atoms with van der Waals surface area (Å²) in [4.78, 5) is 14.4. The molecule has 0 radical (unpaired) electrons. The first-order chi connectivity index (χ1) is 8.95. The Kier molecular flexibility index (Phi) is 3.13. The highest BCUT2D eigenvalue weighted by Crippen LogP contribution is 2.37. The first kappa shape index (κ1) is 13.4. The SMILES string of the molecule is CC1NC2(CCCC2)C(=O)N1CC1CCCS1(=O)=O. The number of hydrogen-bond donors (Lipinski definition) is 1. The molecule has 0 aromatic rings. The van der Waals surface area contributed by atoms with Gasteiger partial charge >= 0.3 is 0 Å². The van der Waals surface area contributed by atoms with E-state index in [9.17, 15) is 13.2 Å². The van der Waals surface area contributed by atoms with Crippen molar-refractivity contribution >= 4 is 15.7 Å². The average Bonchev–Trinajstić information content (AvgIpc) is 2.98. The molecule has 1 aliphatic carbocycles. The van der Waals surface area contributed by atoms with Crippen molar-refractivity contribution in [3.8, 4) is 0 Å². The molecule has 0 aromatic carbocycles. The molecule has 2 saturated heterocycles. The van der Waals surface area contributed by atoms with Crippen molar-refractivity contribution in [2.24, 2.45) is 0 Å². The predicted octanol–water partition coefficient (Wildman–Crippen LogP) is 0.654. The maximum Gasteiger partial charge on any atom is 0.244 e. The van der Waals surface area contributed by atoms with Crippen LogP contribution in [0.1, 0.15) is 45.4 Å². The molecule has 2 atom stereocenters. The van der Waals surface area contributed by atoms with Crippen molar-refractivity contribution in [1.82, 2.24) is 10.2 Å². The summed E-state index contributed by atoms with van der Waals surface area (Å²) in [6.07, 6.45) is 5.35. The quantitative estimate of drug-likeness (QED) is 0.809. The summed E-state index contributed by atoms with van der Waals surface area (Å²) < 4.78 is 23.8. The van der Waals surface area contributed by atoms with Crippen molar-refractivity contribution in [2.75, 3.05) is 12.3 Å². The van der Waals surface area contributed by atoms with Crippen LogP contribution in [0, 0.1) is 0 Å². The fourth-order valence-electron chi connectivity index (χ4n) is 3.85. The highest BCUT2D eigenvalue weighted by molar-refractivity contribution is 7.92. The molecule has 6 heteroatoms. The Morgan fingerprint density at radius 2 is 2.00 bits per heavy atom. The summed E-state index contributed by atoms with van der Waals surface area (Å²) >= 11 is 0. The fourth-order valence-corrected chi connectivity index (χ4v) is 5.67. The molecule has 5 nitrogen and oxygen atoms in total. The monoisotopic (exact) mass is 286 g/mol. The van der Waals surface area contributed by atoms with Gasteiger partial charge in [0.2, 0.25) is 5.91 Å². The first-order valence-corrected chi connectivity index (χ1v) is 8.96. The van der Waals surface area contributed by atoms with Crippen LogP contribution in [-0.4, -0.2) is 48.5 Å². The topological polar surface area (TPSA) is 66.5 Å². The number of hydrogen-bond acceptors (Lipinski definition) is 4. The number of carbonyl (C=O) groups excluding carboxylic acids is 1. The summed E-state index contributed by atoms with van der Waals surface area (Å²) in [5, 5.41) is 3.06. The summed E-state index contributed by atoms with van der Waals surface area (Å²) in [5.41, 5.74) is -0.387. The zero-order valence-electron chi connectivity index (χ0n) is 11.4. The largest absolute Gasteiger partial charge is 0.325 e. The lowest BCUT2D eigenvalue weighted by Gasteiger charge is -2.24. The van der Waals surface area contributed by atoms with Crippen LogP contribution in [0.4, 0.5) is 0 Å². The molecule has 1 N–H and O–H groups in total. The van der Waals surface area contributed by atoms with Crippen molar-refractivity contribution in [3.05, 3.63) is 0 Å². The lowest BCUT2D eigenvalue weighted by molar-refractivity contribution is -0.133. The van der Waals surface area contributed by atoms with E-state index in [-0.39, 0.29) is 28.6 Å². The van der Waals surface area contributed by atoms with Crippen LogP contribution in [0.3, 0.4) is 0 Å². The molecule has 1 spiro atoms. The summed E-state index contributed by atoms with van der Waals surface area (Å²) in [7, 11) is -2.98. The Bertz CT molecular complexity index is 482. The van der Waals surface area contributed by atoms with Crippen molar-refractivity contribution in [1.29, 1.82) is 0 Å². The van der Waals surface area contributed by atoms with Crippen molar-refractivity contribution < 1.29 is 13.2 Å². The molecular weight excluding hydrogens is 264 g/mol. The zero-order valence-corrected chi connectivity index (χ0v) is 12.2. The molecule has 1 amide bonds. The van der Waals surface area contributed by atoms with Crippen molar-refractivity contribution in [2.45, 2.75) is 62.4 Å². The molecule has 3 rings (SSSR count). The molecule has 2 aliphatic heterocycles. The van der Waals surface area contributed by atoms with Crippen LogP contribution in [0.2, 0.25) is 0 Å². The second-order valence-electron chi connectivity index (χ2n) is 6.20.